The van der Waals surface area contributed by atoms with E-state index in [-0.39, 0.29) is 32.2 Å². The Morgan fingerprint density at radius 2 is 1.46 bits per heavy atom. The van der Waals surface area contributed by atoms with Crippen LogP contribution in [0.5, 0.6) is 0 Å². The minimum absolute atomic E-state index is 0. The largest absolute Gasteiger partial charge is 0.106 e. The molecule has 1 fully saturated rings. The Morgan fingerprint density at radius 1 is 0.857 bits per heavy atom. The van der Waals surface area contributed by atoms with E-state index in [0.717, 1.165) is 73.4 Å². The molecule has 0 spiro atoms. The Morgan fingerprint density at radius 3 is 1.98 bits per heavy atom. The zero-order chi connectivity index (χ0) is 44.7. The zero-order valence-corrected chi connectivity index (χ0v) is 43.9. The molecule has 7 rings (SSSR count). The third kappa shape index (κ3) is 17.1. The second kappa shape index (κ2) is 29.3. The Hall–Kier alpha value is -4.16. The van der Waals surface area contributed by atoms with Crippen molar-refractivity contribution in [3.8, 4) is 0 Å². The molecule has 1 atom stereocenters. The van der Waals surface area contributed by atoms with Gasteiger partial charge in [-0.1, -0.05) is 91.9 Å². The maximum Gasteiger partial charge on any atom is 0 e. The maximum absolute atomic E-state index is 12.7. The SMILES string of the molecule is C/C=C/c1c(C)ccc([PH+](c2ccccc2)c2ccccc2)c1C(N)=O.CC[C-]=CC(=O)NC=O.O=C(NC1CCCCC1)c1[c]([Pb])ccc2c1C=CCC2.Pc1ccccc1.[Pd]. The number of hydrogen-bond acceptors (Lipinski definition) is 4. The predicted molar refractivity (Wildman–Crippen MR) is 266 cm³/mol. The number of imide groups is 1. The summed E-state index contributed by atoms with van der Waals surface area (Å²) in [6.07, 6.45) is 21.4. The third-order valence-corrected chi connectivity index (χ3v) is 15.0. The molecule has 5 aromatic rings. The predicted octanol–water partition coefficient (Wildman–Crippen LogP) is 7.33. The van der Waals surface area contributed by atoms with E-state index in [2.05, 4.69) is 81.3 Å². The summed E-state index contributed by atoms with van der Waals surface area (Å²) in [5.41, 5.74) is 11.9. The minimum Gasteiger partial charge on any atom is -0.106 e. The van der Waals surface area contributed by atoms with Gasteiger partial charge in [0.05, 0.1) is 19.4 Å². The number of carbonyl (C=O) groups is 4. The van der Waals surface area contributed by atoms with Crippen LogP contribution >= 0.6 is 17.2 Å². The molecule has 7 nitrogen and oxygen atoms in total. The molecule has 1 saturated carbocycles. The number of rotatable bonds is 10. The zero-order valence-electron chi connectivity index (χ0n) is 36.3. The van der Waals surface area contributed by atoms with Gasteiger partial charge in [0.15, 0.2) is 6.41 Å². The molecule has 11 heteroatoms. The van der Waals surface area contributed by atoms with Gasteiger partial charge >= 0.3 is 137 Å². The summed E-state index contributed by atoms with van der Waals surface area (Å²) in [5.74, 6) is -0.636. The van der Waals surface area contributed by atoms with Crippen LogP contribution in [0.15, 0.2) is 133 Å². The standard InChI is InChI=1S/C23H22NOP.C17H20NO.C6H8NO2.C6H7P.Pb.Pd/c1-3-10-20-17(2)15-16-21(22(20)23(24)25)26(18-11-6-4-7-12-18)19-13-8-5-9-14-19;19-17(18-14-9-2-1-3-10-14)16-12-6-8-13-7-4-5-11-15(13)16;1-2-3-4-6(9)7-5-8;7-6-4-2-1-3-5-6;;/h3-16H,1-2H3,(H2,24,25);5-6,8,11,14H,1-4,7,9-10H2,(H,18,19);4-5H,2H2,1H3,(H,7,8,9);1-5H,7H2;;/q;;-1;;;/p+1/b10-3+;;;;;. The summed E-state index contributed by atoms with van der Waals surface area (Å²) < 4.78 is 1.23. The molecule has 4 amide bonds. The number of benzene rings is 5. The number of allylic oxidation sites excluding steroid dienone is 3. The number of nitrogens with one attached hydrogen (secondary N) is 2. The molecule has 0 aromatic heterocycles. The van der Waals surface area contributed by atoms with Crippen molar-refractivity contribution in [1.82, 2.24) is 10.6 Å². The first-order chi connectivity index (χ1) is 30.1. The fourth-order valence-corrected chi connectivity index (χ4v) is 11.5. The van der Waals surface area contributed by atoms with E-state index < -0.39 is 13.8 Å². The fourth-order valence-electron chi connectivity index (χ4n) is 7.27. The van der Waals surface area contributed by atoms with Gasteiger partial charge in [-0.3, -0.25) is 15.7 Å². The number of aryl methyl sites for hydroxylation is 2. The van der Waals surface area contributed by atoms with Crippen LogP contribution in [0.2, 0.25) is 0 Å². The molecule has 63 heavy (non-hydrogen) atoms. The van der Waals surface area contributed by atoms with Crippen molar-refractivity contribution in [2.75, 3.05) is 0 Å². The number of nitrogens with two attached hydrogens (primary N) is 1. The number of fused-ring (bicyclic) bond motifs is 1. The number of hydrogen-bond donors (Lipinski definition) is 3. The second-order valence-corrected chi connectivity index (χ2v) is 19.9. The first-order valence-corrected chi connectivity index (χ1v) is 25.1. The van der Waals surface area contributed by atoms with Crippen LogP contribution in [-0.4, -0.2) is 55.9 Å². The van der Waals surface area contributed by atoms with Gasteiger partial charge in [-0.2, -0.15) is 6.08 Å². The molecule has 5 aromatic carbocycles. The summed E-state index contributed by atoms with van der Waals surface area (Å²) in [4.78, 5) is 45.1. The fraction of sp³-hybridized carbons (Fsp3) is 0.231. The van der Waals surface area contributed by atoms with E-state index in [4.69, 9.17) is 5.73 Å². The van der Waals surface area contributed by atoms with E-state index >= 15 is 0 Å². The quantitative estimate of drug-likeness (QED) is 0.0447. The van der Waals surface area contributed by atoms with Gasteiger partial charge in [-0.25, -0.2) is 0 Å². The Kier molecular flexibility index (Phi) is 24.8. The summed E-state index contributed by atoms with van der Waals surface area (Å²) in [7, 11) is 1.29. The van der Waals surface area contributed by atoms with Gasteiger partial charge in [0.1, 0.15) is 15.9 Å². The van der Waals surface area contributed by atoms with Crippen LogP contribution in [0.3, 0.4) is 0 Å². The van der Waals surface area contributed by atoms with Gasteiger partial charge in [0.25, 0.3) is 5.91 Å². The molecule has 3 radical (unpaired) electrons. The van der Waals surface area contributed by atoms with Crippen LogP contribution in [-0.2, 0) is 36.4 Å². The number of amides is 4. The molecule has 1 unspecified atom stereocenters. The summed E-state index contributed by atoms with van der Waals surface area (Å²) in [5, 5.41) is 9.97. The molecule has 4 N–H and O–H groups in total. The van der Waals surface area contributed by atoms with Crippen molar-refractivity contribution >= 4 is 104 Å². The first kappa shape index (κ1) is 53.2. The smallest absolute Gasteiger partial charge is 0 e. The second-order valence-electron chi connectivity index (χ2n) is 14.7. The molecule has 0 heterocycles. The van der Waals surface area contributed by atoms with Crippen LogP contribution in [0, 0.1) is 13.0 Å². The minimum atomic E-state index is -1.34. The summed E-state index contributed by atoms with van der Waals surface area (Å²) in [6, 6.07) is 39.8. The van der Waals surface area contributed by atoms with Gasteiger partial charge in [-0.15, -0.1) is 15.7 Å². The van der Waals surface area contributed by atoms with Crippen LogP contribution < -0.4 is 40.7 Å². The van der Waals surface area contributed by atoms with Crippen LogP contribution in [0.1, 0.15) is 102 Å². The Balaban J connectivity index is 0.000000250. The van der Waals surface area contributed by atoms with Gasteiger partial charge in [0, 0.05) is 20.4 Å². The Labute approximate surface area is 407 Å². The van der Waals surface area contributed by atoms with Crippen molar-refractivity contribution < 1.29 is 39.6 Å². The molecule has 2 aliphatic carbocycles. The maximum atomic E-state index is 12.7. The summed E-state index contributed by atoms with van der Waals surface area (Å²) in [6.45, 7) is 5.82. The molecule has 0 saturated heterocycles. The number of primary amides is 1. The van der Waals surface area contributed by atoms with E-state index in [1.54, 1.807) is 0 Å². The van der Waals surface area contributed by atoms with Gasteiger partial charge in [0.2, 0.25) is 0 Å². The van der Waals surface area contributed by atoms with E-state index in [9.17, 15) is 19.2 Å². The molecule has 0 aliphatic heterocycles. The van der Waals surface area contributed by atoms with E-state index in [1.807, 2.05) is 105 Å². The molecule has 2 aliphatic rings. The van der Waals surface area contributed by atoms with Crippen molar-refractivity contribution in [1.29, 1.82) is 0 Å². The normalized spacial score (nSPS) is 12.9. The molecular formula is C52H58N3O4P2PbPd. The monoisotopic (exact) mass is 1160 g/mol. The average molecular weight is 1160 g/mol. The van der Waals surface area contributed by atoms with Crippen molar-refractivity contribution in [2.24, 2.45) is 5.73 Å². The molecule has 0 bridgehead atoms. The third-order valence-electron chi connectivity index (χ3n) is 10.2. The average Bonchev–Trinajstić information content (AvgIpc) is 3.29. The van der Waals surface area contributed by atoms with Crippen LogP contribution in [0.25, 0.3) is 12.2 Å². The van der Waals surface area contributed by atoms with E-state index in [1.165, 1.54) is 55.5 Å². The Bertz CT molecular complexity index is 2280. The first-order valence-electron chi connectivity index (χ1n) is 21.1. The van der Waals surface area contributed by atoms with Gasteiger partial charge < -0.3 is 15.8 Å². The topological polar surface area (TPSA) is 118 Å². The van der Waals surface area contributed by atoms with Crippen molar-refractivity contribution in [3.05, 3.63) is 173 Å². The molecular weight excluding hydrogens is 1110 g/mol. The van der Waals surface area contributed by atoms with E-state index in [0.29, 0.717) is 24.4 Å². The number of carbonyl (C=O) groups excluding carboxylic acids is 4. The van der Waals surface area contributed by atoms with Crippen LogP contribution in [0.4, 0.5) is 0 Å². The van der Waals surface area contributed by atoms with Crippen molar-refractivity contribution in [3.63, 3.8) is 0 Å². The van der Waals surface area contributed by atoms with Crippen molar-refractivity contribution in [2.45, 2.75) is 78.2 Å². The van der Waals surface area contributed by atoms with Gasteiger partial charge in [-0.05, 0) is 60.6 Å². The summed E-state index contributed by atoms with van der Waals surface area (Å²) >= 11 is 0.925. The molecule has 329 valence electrons.